The van der Waals surface area contributed by atoms with E-state index in [9.17, 15) is 5.11 Å². The first-order valence-electron chi connectivity index (χ1n) is 5.86. The third-order valence-electron chi connectivity index (χ3n) is 2.94. The van der Waals surface area contributed by atoms with Crippen molar-refractivity contribution in [2.45, 2.75) is 12.5 Å². The van der Waals surface area contributed by atoms with Crippen LogP contribution in [0.1, 0.15) is 17.2 Å². The molecule has 0 spiro atoms. The molecule has 0 aliphatic rings. The van der Waals surface area contributed by atoms with Crippen LogP contribution in [0.5, 0.6) is 11.5 Å². The highest BCUT2D eigenvalue weighted by Gasteiger charge is 2.07. The summed E-state index contributed by atoms with van der Waals surface area (Å²) in [4.78, 5) is 0. The van der Waals surface area contributed by atoms with Gasteiger partial charge in [0.2, 0.25) is 0 Å². The van der Waals surface area contributed by atoms with Crippen LogP contribution in [0.4, 0.5) is 0 Å². The molecule has 0 saturated carbocycles. The van der Waals surface area contributed by atoms with Gasteiger partial charge in [-0.05, 0) is 41.8 Å². The molecule has 2 aromatic rings. The third kappa shape index (κ3) is 3.02. The summed E-state index contributed by atoms with van der Waals surface area (Å²) in [5, 5.41) is 9.22. The summed E-state index contributed by atoms with van der Waals surface area (Å²) >= 11 is 0. The number of methoxy groups -OCH3 is 1. The van der Waals surface area contributed by atoms with Crippen LogP contribution in [0, 0.1) is 0 Å². The normalized spacial score (nSPS) is 12.1. The van der Waals surface area contributed by atoms with E-state index in [1.165, 1.54) is 0 Å². The molecule has 1 unspecified atom stereocenters. The van der Waals surface area contributed by atoms with Gasteiger partial charge in [-0.2, -0.15) is 0 Å². The van der Waals surface area contributed by atoms with Gasteiger partial charge in [-0.15, -0.1) is 0 Å². The maximum atomic E-state index is 9.22. The number of phenolic OH excluding ortho intramolecular Hbond substituents is 1. The van der Waals surface area contributed by atoms with Gasteiger partial charge in [0.25, 0.3) is 0 Å². The lowest BCUT2D eigenvalue weighted by atomic mass is 9.99. The molecule has 2 aromatic carbocycles. The van der Waals surface area contributed by atoms with Gasteiger partial charge < -0.3 is 15.6 Å². The molecule has 18 heavy (non-hydrogen) atoms. The molecule has 0 fully saturated rings. The topological polar surface area (TPSA) is 55.5 Å². The van der Waals surface area contributed by atoms with E-state index in [0.29, 0.717) is 0 Å². The first-order valence-corrected chi connectivity index (χ1v) is 5.86. The zero-order valence-electron chi connectivity index (χ0n) is 10.3. The molecule has 0 bridgehead atoms. The second-order valence-electron chi connectivity index (χ2n) is 4.25. The molecular weight excluding hydrogens is 226 g/mol. The molecule has 3 N–H and O–H groups in total. The predicted octanol–water partition coefficient (Wildman–Crippen LogP) is 2.64. The molecule has 1 atom stereocenters. The fourth-order valence-corrected chi connectivity index (χ4v) is 1.85. The zero-order valence-corrected chi connectivity index (χ0v) is 10.3. The van der Waals surface area contributed by atoms with Gasteiger partial charge in [0.05, 0.1) is 7.11 Å². The van der Waals surface area contributed by atoms with Crippen molar-refractivity contribution in [1.29, 1.82) is 0 Å². The summed E-state index contributed by atoms with van der Waals surface area (Å²) < 4.78 is 5.11. The molecule has 3 nitrogen and oxygen atoms in total. The second kappa shape index (κ2) is 5.56. The summed E-state index contributed by atoms with van der Waals surface area (Å²) in [6.07, 6.45) is 0.743. The van der Waals surface area contributed by atoms with Gasteiger partial charge in [-0.1, -0.05) is 24.3 Å². The van der Waals surface area contributed by atoms with Crippen molar-refractivity contribution in [3.63, 3.8) is 0 Å². The predicted molar refractivity (Wildman–Crippen MR) is 71.7 cm³/mol. The second-order valence-corrected chi connectivity index (χ2v) is 4.25. The monoisotopic (exact) mass is 243 g/mol. The Morgan fingerprint density at radius 1 is 1.06 bits per heavy atom. The van der Waals surface area contributed by atoms with Crippen molar-refractivity contribution < 1.29 is 9.84 Å². The molecule has 0 aliphatic heterocycles. The van der Waals surface area contributed by atoms with Gasteiger partial charge >= 0.3 is 0 Å². The summed E-state index contributed by atoms with van der Waals surface area (Å²) in [6.45, 7) is 0. The number of nitrogens with two attached hydrogens (primary N) is 1. The van der Waals surface area contributed by atoms with E-state index >= 15 is 0 Å². The Kier molecular flexibility index (Phi) is 3.85. The molecular formula is C15H17NO2. The van der Waals surface area contributed by atoms with Crippen LogP contribution in [-0.2, 0) is 6.42 Å². The fourth-order valence-electron chi connectivity index (χ4n) is 1.85. The Morgan fingerprint density at radius 2 is 1.67 bits per heavy atom. The highest BCUT2D eigenvalue weighted by atomic mass is 16.5. The first-order chi connectivity index (χ1) is 8.69. The molecule has 0 saturated heterocycles. The summed E-state index contributed by atoms with van der Waals surface area (Å²) in [6, 6.07) is 14.8. The Bertz CT molecular complexity index is 491. The van der Waals surface area contributed by atoms with Crippen LogP contribution in [0.2, 0.25) is 0 Å². The number of hydrogen-bond acceptors (Lipinski definition) is 3. The van der Waals surface area contributed by atoms with Gasteiger partial charge in [-0.3, -0.25) is 0 Å². The van der Waals surface area contributed by atoms with E-state index in [0.717, 1.165) is 23.3 Å². The van der Waals surface area contributed by atoms with Crippen LogP contribution in [-0.4, -0.2) is 12.2 Å². The number of phenols is 1. The average molecular weight is 243 g/mol. The number of benzene rings is 2. The summed E-state index contributed by atoms with van der Waals surface area (Å²) in [5.74, 6) is 1.10. The van der Waals surface area contributed by atoms with Gasteiger partial charge in [-0.25, -0.2) is 0 Å². The summed E-state index contributed by atoms with van der Waals surface area (Å²) in [7, 11) is 1.64. The minimum Gasteiger partial charge on any atom is -0.508 e. The average Bonchev–Trinajstić information content (AvgIpc) is 2.41. The van der Waals surface area contributed by atoms with E-state index in [-0.39, 0.29) is 11.8 Å². The number of aromatic hydroxyl groups is 1. The summed E-state index contributed by atoms with van der Waals surface area (Å²) in [5.41, 5.74) is 8.33. The lowest BCUT2D eigenvalue weighted by Crippen LogP contribution is -2.13. The number of rotatable bonds is 4. The van der Waals surface area contributed by atoms with Gasteiger partial charge in [0, 0.05) is 6.04 Å². The number of hydrogen-bond donors (Lipinski definition) is 2. The zero-order chi connectivity index (χ0) is 13.0. The maximum absolute atomic E-state index is 9.22. The Morgan fingerprint density at radius 3 is 2.22 bits per heavy atom. The molecule has 94 valence electrons. The minimum atomic E-state index is -0.0551. The Balaban J connectivity index is 2.06. The van der Waals surface area contributed by atoms with Gasteiger partial charge in [0.15, 0.2) is 0 Å². The Hall–Kier alpha value is -2.00. The van der Waals surface area contributed by atoms with Crippen LogP contribution in [0.3, 0.4) is 0 Å². The molecule has 0 amide bonds. The number of ether oxygens (including phenoxy) is 1. The van der Waals surface area contributed by atoms with Crippen molar-refractivity contribution in [1.82, 2.24) is 0 Å². The van der Waals surface area contributed by atoms with Crippen molar-refractivity contribution in [3.05, 3.63) is 59.7 Å². The van der Waals surface area contributed by atoms with E-state index in [2.05, 4.69) is 0 Å². The van der Waals surface area contributed by atoms with E-state index < -0.39 is 0 Å². The van der Waals surface area contributed by atoms with Crippen molar-refractivity contribution in [2.75, 3.05) is 7.11 Å². The van der Waals surface area contributed by atoms with Crippen molar-refractivity contribution >= 4 is 0 Å². The molecule has 0 aromatic heterocycles. The van der Waals surface area contributed by atoms with Crippen molar-refractivity contribution in [3.8, 4) is 11.5 Å². The first kappa shape index (κ1) is 12.5. The maximum Gasteiger partial charge on any atom is 0.118 e. The van der Waals surface area contributed by atoms with Gasteiger partial charge in [0.1, 0.15) is 11.5 Å². The highest BCUT2D eigenvalue weighted by Crippen LogP contribution is 2.20. The molecule has 0 heterocycles. The highest BCUT2D eigenvalue weighted by molar-refractivity contribution is 5.31. The molecule has 0 radical (unpaired) electrons. The quantitative estimate of drug-likeness (QED) is 0.868. The van der Waals surface area contributed by atoms with E-state index in [4.69, 9.17) is 10.5 Å². The van der Waals surface area contributed by atoms with Crippen LogP contribution < -0.4 is 10.5 Å². The lowest BCUT2D eigenvalue weighted by Gasteiger charge is -2.12. The minimum absolute atomic E-state index is 0.0551. The van der Waals surface area contributed by atoms with E-state index in [1.807, 2.05) is 36.4 Å². The Labute approximate surface area is 107 Å². The molecule has 3 heteroatoms. The third-order valence-corrected chi connectivity index (χ3v) is 2.94. The molecule has 0 aliphatic carbocycles. The smallest absolute Gasteiger partial charge is 0.118 e. The van der Waals surface area contributed by atoms with Crippen molar-refractivity contribution in [2.24, 2.45) is 5.73 Å². The van der Waals surface area contributed by atoms with E-state index in [1.54, 1.807) is 19.2 Å². The van der Waals surface area contributed by atoms with Crippen LogP contribution in [0.15, 0.2) is 48.5 Å². The van der Waals surface area contributed by atoms with Crippen LogP contribution >= 0.6 is 0 Å². The lowest BCUT2D eigenvalue weighted by molar-refractivity contribution is 0.414. The SMILES string of the molecule is COc1ccc(C(N)Cc2ccc(O)cc2)cc1. The fraction of sp³-hybridized carbons (Fsp3) is 0.200. The largest absolute Gasteiger partial charge is 0.508 e. The van der Waals surface area contributed by atoms with Crippen LogP contribution in [0.25, 0.3) is 0 Å². The molecule has 2 rings (SSSR count). The standard InChI is InChI=1S/C15H17NO2/c1-18-14-8-4-12(5-9-14)15(16)10-11-2-6-13(17)7-3-11/h2-9,15,17H,10,16H2,1H3.